The Hall–Kier alpha value is -4.22. The number of benzene rings is 4. The van der Waals surface area contributed by atoms with Crippen LogP contribution in [0.4, 0.5) is 11.4 Å². The van der Waals surface area contributed by atoms with Crippen LogP contribution >= 0.6 is 23.2 Å². The highest BCUT2D eigenvalue weighted by Crippen LogP contribution is 2.18. The van der Waals surface area contributed by atoms with E-state index in [1.54, 1.807) is 48.8 Å². The summed E-state index contributed by atoms with van der Waals surface area (Å²) in [5.41, 5.74) is 4.37. The fourth-order valence-electron chi connectivity index (χ4n) is 2.75. The monoisotopic (exact) mass is 480 g/mol. The molecule has 4 nitrogen and oxygen atoms in total. The van der Waals surface area contributed by atoms with Crippen LogP contribution in [0.15, 0.2) is 107 Å². The predicted octanol–water partition coefficient (Wildman–Crippen LogP) is 7.92. The number of aliphatic imine (C=N–C) groups is 2. The standard InChI is InChI=1S/2C14H9ClN2/c2*15-13-7-5-11(6-8-13)10-17-14-4-2-1-3-12(14)9-16/h2*1-8,10H. The number of halogens is 2. The first-order chi connectivity index (χ1) is 16.6. The summed E-state index contributed by atoms with van der Waals surface area (Å²) in [6.07, 6.45) is 3.43. The Morgan fingerprint density at radius 3 is 1.24 bits per heavy atom. The van der Waals surface area contributed by atoms with Crippen molar-refractivity contribution in [3.8, 4) is 12.1 Å². The summed E-state index contributed by atoms with van der Waals surface area (Å²) in [6.45, 7) is 0. The Balaban J connectivity index is 0.000000191. The van der Waals surface area contributed by atoms with E-state index in [9.17, 15) is 0 Å². The van der Waals surface area contributed by atoms with Gasteiger partial charge in [0.15, 0.2) is 0 Å². The molecule has 0 bridgehead atoms. The second-order valence-electron chi connectivity index (χ2n) is 6.88. The first-order valence-electron chi connectivity index (χ1n) is 10.2. The Labute approximate surface area is 208 Å². The summed E-state index contributed by atoms with van der Waals surface area (Å²) < 4.78 is 0. The van der Waals surface area contributed by atoms with Gasteiger partial charge in [-0.25, -0.2) is 0 Å². The molecule has 164 valence electrons. The van der Waals surface area contributed by atoms with E-state index in [4.69, 9.17) is 33.7 Å². The van der Waals surface area contributed by atoms with Gasteiger partial charge in [0.05, 0.1) is 22.5 Å². The molecule has 0 unspecified atom stereocenters. The van der Waals surface area contributed by atoms with E-state index in [0.717, 1.165) is 11.1 Å². The fraction of sp³-hybridized carbons (Fsp3) is 0. The maximum Gasteiger partial charge on any atom is 0.101 e. The smallest absolute Gasteiger partial charge is 0.101 e. The molecular formula is C28H18Cl2N4. The zero-order valence-electron chi connectivity index (χ0n) is 17.9. The van der Waals surface area contributed by atoms with E-state index in [1.165, 1.54) is 0 Å². The molecular weight excluding hydrogens is 463 g/mol. The summed E-state index contributed by atoms with van der Waals surface area (Å²) in [6, 6.07) is 33.4. The van der Waals surface area contributed by atoms with Gasteiger partial charge in [0, 0.05) is 22.5 Å². The molecule has 0 saturated carbocycles. The van der Waals surface area contributed by atoms with E-state index in [1.807, 2.05) is 60.7 Å². The van der Waals surface area contributed by atoms with Crippen molar-refractivity contribution >= 4 is 47.0 Å². The quantitative estimate of drug-likeness (QED) is 0.278. The number of nitrogens with zero attached hydrogens (tertiary/aromatic N) is 4. The molecule has 0 saturated heterocycles. The molecule has 0 aliphatic rings. The first kappa shape index (κ1) is 24.4. The van der Waals surface area contributed by atoms with E-state index in [2.05, 4.69) is 22.1 Å². The minimum atomic E-state index is 0.567. The lowest BCUT2D eigenvalue weighted by Crippen LogP contribution is -1.80. The van der Waals surface area contributed by atoms with E-state index in [0.29, 0.717) is 32.5 Å². The summed E-state index contributed by atoms with van der Waals surface area (Å²) in [5.74, 6) is 0. The van der Waals surface area contributed by atoms with Gasteiger partial charge in [-0.15, -0.1) is 0 Å². The van der Waals surface area contributed by atoms with Crippen molar-refractivity contribution in [1.29, 1.82) is 10.5 Å². The van der Waals surface area contributed by atoms with Gasteiger partial charge < -0.3 is 0 Å². The minimum Gasteiger partial charge on any atom is -0.255 e. The Morgan fingerprint density at radius 1 is 0.529 bits per heavy atom. The third-order valence-corrected chi connectivity index (χ3v) is 5.00. The maximum atomic E-state index is 8.91. The third-order valence-electron chi connectivity index (χ3n) is 4.49. The fourth-order valence-corrected chi connectivity index (χ4v) is 3.00. The highest BCUT2D eigenvalue weighted by atomic mass is 35.5. The summed E-state index contributed by atoms with van der Waals surface area (Å²) >= 11 is 11.6. The third kappa shape index (κ3) is 7.43. The Bertz CT molecular complexity index is 1270. The molecule has 0 spiro atoms. The van der Waals surface area contributed by atoms with Gasteiger partial charge in [0.2, 0.25) is 0 Å². The molecule has 0 heterocycles. The SMILES string of the molecule is N#Cc1ccccc1N=Cc1ccc(Cl)cc1.N#Cc1ccccc1N=Cc1ccc(Cl)cc1. The lowest BCUT2D eigenvalue weighted by molar-refractivity contribution is 1.44. The predicted molar refractivity (Wildman–Crippen MR) is 140 cm³/mol. The lowest BCUT2D eigenvalue weighted by Gasteiger charge is -1.96. The Morgan fingerprint density at radius 2 is 0.882 bits per heavy atom. The van der Waals surface area contributed by atoms with Crippen molar-refractivity contribution in [2.75, 3.05) is 0 Å². The van der Waals surface area contributed by atoms with Crippen LogP contribution in [0.3, 0.4) is 0 Å². The van der Waals surface area contributed by atoms with Gasteiger partial charge in [0.25, 0.3) is 0 Å². The average molecular weight is 481 g/mol. The van der Waals surface area contributed by atoms with E-state index < -0.39 is 0 Å². The van der Waals surface area contributed by atoms with Crippen molar-refractivity contribution in [3.05, 3.63) is 129 Å². The van der Waals surface area contributed by atoms with E-state index in [-0.39, 0.29) is 0 Å². The van der Waals surface area contributed by atoms with Gasteiger partial charge in [-0.2, -0.15) is 10.5 Å². The normalized spacial score (nSPS) is 10.4. The van der Waals surface area contributed by atoms with Crippen LogP contribution in [0, 0.1) is 22.7 Å². The zero-order valence-corrected chi connectivity index (χ0v) is 19.4. The molecule has 4 aromatic carbocycles. The van der Waals surface area contributed by atoms with Crippen LogP contribution in [0.5, 0.6) is 0 Å². The van der Waals surface area contributed by atoms with E-state index >= 15 is 0 Å². The second-order valence-corrected chi connectivity index (χ2v) is 7.75. The van der Waals surface area contributed by atoms with Gasteiger partial charge >= 0.3 is 0 Å². The molecule has 0 aliphatic heterocycles. The molecule has 4 aromatic rings. The second kappa shape index (κ2) is 12.7. The number of hydrogen-bond acceptors (Lipinski definition) is 4. The van der Waals surface area contributed by atoms with Crippen LogP contribution in [-0.2, 0) is 0 Å². The molecule has 6 heteroatoms. The molecule has 0 fully saturated rings. The van der Waals surface area contributed by atoms with Gasteiger partial charge in [-0.05, 0) is 59.7 Å². The van der Waals surface area contributed by atoms with Gasteiger partial charge in [0.1, 0.15) is 12.1 Å². The number of para-hydroxylation sites is 2. The largest absolute Gasteiger partial charge is 0.255 e. The average Bonchev–Trinajstić information content (AvgIpc) is 2.89. The first-order valence-corrected chi connectivity index (χ1v) is 10.9. The van der Waals surface area contributed by atoms with Crippen molar-refractivity contribution in [1.82, 2.24) is 0 Å². The topological polar surface area (TPSA) is 72.3 Å². The zero-order chi connectivity index (χ0) is 24.2. The molecule has 0 aromatic heterocycles. The van der Waals surface area contributed by atoms with Crippen molar-refractivity contribution < 1.29 is 0 Å². The minimum absolute atomic E-state index is 0.567. The van der Waals surface area contributed by atoms with Gasteiger partial charge in [-0.3, -0.25) is 9.98 Å². The van der Waals surface area contributed by atoms with Crippen LogP contribution < -0.4 is 0 Å². The number of nitriles is 2. The van der Waals surface area contributed by atoms with Crippen molar-refractivity contribution in [2.45, 2.75) is 0 Å². The number of rotatable bonds is 4. The molecule has 0 aliphatic carbocycles. The molecule has 0 N–H and O–H groups in total. The summed E-state index contributed by atoms with van der Waals surface area (Å²) in [5, 5.41) is 19.2. The highest BCUT2D eigenvalue weighted by Gasteiger charge is 1.98. The number of hydrogen-bond donors (Lipinski definition) is 0. The van der Waals surface area contributed by atoms with Gasteiger partial charge in [-0.1, -0.05) is 71.7 Å². The molecule has 0 atom stereocenters. The highest BCUT2D eigenvalue weighted by molar-refractivity contribution is 6.30. The van der Waals surface area contributed by atoms with Crippen LogP contribution in [0.25, 0.3) is 0 Å². The molecule has 34 heavy (non-hydrogen) atoms. The maximum absolute atomic E-state index is 8.91. The van der Waals surface area contributed by atoms with Crippen LogP contribution in [0.1, 0.15) is 22.3 Å². The summed E-state index contributed by atoms with van der Waals surface area (Å²) in [7, 11) is 0. The Kier molecular flexibility index (Phi) is 9.14. The lowest BCUT2D eigenvalue weighted by atomic mass is 10.2. The van der Waals surface area contributed by atoms with Crippen LogP contribution in [-0.4, -0.2) is 12.4 Å². The molecule has 4 rings (SSSR count). The molecule has 0 radical (unpaired) electrons. The van der Waals surface area contributed by atoms with Crippen molar-refractivity contribution in [3.63, 3.8) is 0 Å². The van der Waals surface area contributed by atoms with Crippen molar-refractivity contribution in [2.24, 2.45) is 9.98 Å². The van der Waals surface area contributed by atoms with Crippen LogP contribution in [0.2, 0.25) is 10.0 Å². The molecule has 0 amide bonds. The summed E-state index contributed by atoms with van der Waals surface area (Å²) in [4.78, 5) is 8.57.